The molecule has 2 aromatic rings. The Hall–Kier alpha value is -2.55. The van der Waals surface area contributed by atoms with Gasteiger partial charge >= 0.3 is 6.18 Å². The van der Waals surface area contributed by atoms with Crippen molar-refractivity contribution < 1.29 is 27.1 Å². The van der Waals surface area contributed by atoms with Crippen molar-refractivity contribution in [2.75, 3.05) is 19.0 Å². The van der Waals surface area contributed by atoms with Gasteiger partial charge in [-0.2, -0.15) is 13.2 Å². The summed E-state index contributed by atoms with van der Waals surface area (Å²) in [7, 11) is 1.45. The van der Waals surface area contributed by atoms with Crippen LogP contribution >= 0.6 is 0 Å². The van der Waals surface area contributed by atoms with Crippen molar-refractivity contribution in [1.29, 1.82) is 0 Å². The molecule has 26 heavy (non-hydrogen) atoms. The third-order valence-corrected chi connectivity index (χ3v) is 4.33. The molecule has 1 saturated heterocycles. The second kappa shape index (κ2) is 7.36. The smallest absolute Gasteiger partial charge is 0.393 e. The van der Waals surface area contributed by atoms with Crippen LogP contribution in [0.5, 0.6) is 5.75 Å². The molecule has 0 radical (unpaired) electrons. The van der Waals surface area contributed by atoms with E-state index in [2.05, 4.69) is 15.6 Å². The first-order chi connectivity index (χ1) is 12.4. The number of hydrogen-bond acceptors (Lipinski definition) is 5. The predicted octanol–water partition coefficient (Wildman–Crippen LogP) is 3.22. The average Bonchev–Trinajstić information content (AvgIpc) is 3.15. The number of benzene rings is 1. The molecule has 6 nitrogen and oxygen atoms in total. The molecule has 0 spiro atoms. The van der Waals surface area contributed by atoms with Crippen LogP contribution < -0.4 is 15.4 Å². The fourth-order valence-electron chi connectivity index (χ4n) is 3.06. The van der Waals surface area contributed by atoms with Gasteiger partial charge in [-0.1, -0.05) is 0 Å². The van der Waals surface area contributed by atoms with Gasteiger partial charge in [-0.3, -0.25) is 4.79 Å². The Morgan fingerprint density at radius 2 is 2.23 bits per heavy atom. The summed E-state index contributed by atoms with van der Waals surface area (Å²) in [5, 5.41) is 5.20. The number of carbonyl (C=O) groups excluding carboxylic acids is 1. The second-order valence-electron chi connectivity index (χ2n) is 5.99. The number of carbonyl (C=O) groups is 1. The molecule has 2 atom stereocenters. The maximum atomic E-state index is 13.2. The summed E-state index contributed by atoms with van der Waals surface area (Å²) in [6.45, 7) is 0.373. The maximum absolute atomic E-state index is 13.2. The van der Waals surface area contributed by atoms with Gasteiger partial charge in [0, 0.05) is 11.8 Å². The van der Waals surface area contributed by atoms with Gasteiger partial charge in [0.15, 0.2) is 12.2 Å². The van der Waals surface area contributed by atoms with Gasteiger partial charge in [0.1, 0.15) is 5.75 Å². The number of hydrogen-bond donors (Lipinski definition) is 2. The number of oxazole rings is 1. The summed E-state index contributed by atoms with van der Waals surface area (Å²) in [5.74, 6) is -1.54. The minimum absolute atomic E-state index is 0.0671. The maximum Gasteiger partial charge on any atom is 0.393 e. The molecule has 2 unspecified atom stereocenters. The van der Waals surface area contributed by atoms with Gasteiger partial charge in [-0.15, -0.1) is 0 Å². The van der Waals surface area contributed by atoms with Crippen LogP contribution in [0.2, 0.25) is 0 Å². The summed E-state index contributed by atoms with van der Waals surface area (Å²) in [5.41, 5.74) is 0.954. The van der Waals surface area contributed by atoms with Crippen LogP contribution in [0.1, 0.15) is 12.8 Å². The number of piperidine rings is 1. The van der Waals surface area contributed by atoms with E-state index in [0.717, 1.165) is 0 Å². The van der Waals surface area contributed by atoms with E-state index in [1.807, 2.05) is 0 Å². The van der Waals surface area contributed by atoms with Gasteiger partial charge in [-0.05, 0) is 31.5 Å². The number of aromatic nitrogens is 1. The van der Waals surface area contributed by atoms with Crippen molar-refractivity contribution in [2.45, 2.75) is 25.1 Å². The summed E-state index contributed by atoms with van der Waals surface area (Å²) in [6.07, 6.45) is -1.33. The molecule has 1 amide bonds. The number of amides is 1. The molecule has 1 aromatic heterocycles. The van der Waals surface area contributed by atoms with E-state index in [1.54, 1.807) is 12.1 Å². The van der Waals surface area contributed by atoms with Crippen molar-refractivity contribution in [2.24, 2.45) is 5.92 Å². The zero-order valence-corrected chi connectivity index (χ0v) is 14.0. The summed E-state index contributed by atoms with van der Waals surface area (Å²) in [4.78, 5) is 16.2. The first-order valence-corrected chi connectivity index (χ1v) is 8.08. The SMILES string of the molecule is COc1cc(NC(=O)C2NCCCC2C(F)(F)F)ccc1-c1cnco1. The van der Waals surface area contributed by atoms with Crippen molar-refractivity contribution in [3.05, 3.63) is 30.8 Å². The second-order valence-corrected chi connectivity index (χ2v) is 5.99. The third-order valence-electron chi connectivity index (χ3n) is 4.33. The fourth-order valence-corrected chi connectivity index (χ4v) is 3.06. The number of methoxy groups -OCH3 is 1. The molecule has 140 valence electrons. The molecule has 1 aromatic carbocycles. The monoisotopic (exact) mass is 369 g/mol. The summed E-state index contributed by atoms with van der Waals surface area (Å²) < 4.78 is 50.0. The topological polar surface area (TPSA) is 76.4 Å². The van der Waals surface area contributed by atoms with Crippen molar-refractivity contribution >= 4 is 11.6 Å². The first-order valence-electron chi connectivity index (χ1n) is 8.08. The molecular weight excluding hydrogens is 351 g/mol. The number of ether oxygens (including phenoxy) is 1. The van der Waals surface area contributed by atoms with Gasteiger partial charge in [-0.25, -0.2) is 4.98 Å². The number of halogens is 3. The molecule has 2 heterocycles. The van der Waals surface area contributed by atoms with Crippen LogP contribution in [0, 0.1) is 5.92 Å². The molecule has 1 aliphatic heterocycles. The highest BCUT2D eigenvalue weighted by molar-refractivity contribution is 5.95. The quantitative estimate of drug-likeness (QED) is 0.865. The van der Waals surface area contributed by atoms with Crippen LogP contribution in [0.3, 0.4) is 0 Å². The molecule has 1 fully saturated rings. The highest BCUT2D eigenvalue weighted by Crippen LogP contribution is 2.36. The van der Waals surface area contributed by atoms with E-state index in [4.69, 9.17) is 9.15 Å². The number of anilines is 1. The van der Waals surface area contributed by atoms with E-state index < -0.39 is 24.0 Å². The lowest BCUT2D eigenvalue weighted by Crippen LogP contribution is -2.53. The van der Waals surface area contributed by atoms with Gasteiger partial charge in [0.2, 0.25) is 5.91 Å². The van der Waals surface area contributed by atoms with E-state index in [-0.39, 0.29) is 6.42 Å². The highest BCUT2D eigenvalue weighted by Gasteiger charge is 2.48. The number of alkyl halides is 3. The van der Waals surface area contributed by atoms with E-state index in [9.17, 15) is 18.0 Å². The Balaban J connectivity index is 1.78. The van der Waals surface area contributed by atoms with Gasteiger partial charge < -0.3 is 19.8 Å². The Morgan fingerprint density at radius 3 is 2.88 bits per heavy atom. The van der Waals surface area contributed by atoms with Crippen LogP contribution in [0.15, 0.2) is 35.2 Å². The Kier molecular flexibility index (Phi) is 5.17. The molecular formula is C17H18F3N3O3. The van der Waals surface area contributed by atoms with Crippen LogP contribution in [-0.2, 0) is 4.79 Å². The zero-order chi connectivity index (χ0) is 18.7. The third kappa shape index (κ3) is 3.82. The van der Waals surface area contributed by atoms with E-state index in [1.165, 1.54) is 25.8 Å². The van der Waals surface area contributed by atoms with E-state index in [0.29, 0.717) is 35.7 Å². The predicted molar refractivity (Wildman–Crippen MR) is 87.7 cm³/mol. The highest BCUT2D eigenvalue weighted by atomic mass is 19.4. The van der Waals surface area contributed by atoms with Crippen LogP contribution in [0.25, 0.3) is 11.3 Å². The number of rotatable bonds is 4. The van der Waals surface area contributed by atoms with E-state index >= 15 is 0 Å². The summed E-state index contributed by atoms with van der Waals surface area (Å²) in [6, 6.07) is 3.43. The number of nitrogens with one attached hydrogen (secondary N) is 2. The summed E-state index contributed by atoms with van der Waals surface area (Å²) >= 11 is 0. The molecule has 3 rings (SSSR count). The molecule has 9 heteroatoms. The lowest BCUT2D eigenvalue weighted by molar-refractivity contribution is -0.189. The van der Waals surface area contributed by atoms with Gasteiger partial charge in [0.25, 0.3) is 0 Å². The molecule has 0 aliphatic carbocycles. The van der Waals surface area contributed by atoms with Crippen LogP contribution in [0.4, 0.5) is 18.9 Å². The number of nitrogens with zero attached hydrogens (tertiary/aromatic N) is 1. The average molecular weight is 369 g/mol. The Morgan fingerprint density at radius 1 is 1.42 bits per heavy atom. The normalized spacial score (nSPS) is 20.6. The first kappa shape index (κ1) is 18.2. The minimum atomic E-state index is -4.43. The van der Waals surface area contributed by atoms with Crippen molar-refractivity contribution in [3.8, 4) is 17.1 Å². The van der Waals surface area contributed by atoms with Gasteiger partial charge in [0.05, 0.1) is 30.8 Å². The van der Waals surface area contributed by atoms with Crippen molar-refractivity contribution in [1.82, 2.24) is 10.3 Å². The standard InChI is InChI=1S/C17H18F3N3O3/c1-25-13-7-10(4-5-11(13)14-8-21-9-26-14)23-16(24)15-12(17(18,19)20)3-2-6-22-15/h4-5,7-9,12,15,22H,2-3,6H2,1H3,(H,23,24). The molecule has 0 bridgehead atoms. The zero-order valence-electron chi connectivity index (χ0n) is 14.0. The van der Waals surface area contributed by atoms with Crippen molar-refractivity contribution in [3.63, 3.8) is 0 Å². The minimum Gasteiger partial charge on any atom is -0.496 e. The fraction of sp³-hybridized carbons (Fsp3) is 0.412. The lowest BCUT2D eigenvalue weighted by Gasteiger charge is -2.32. The Bertz CT molecular complexity index is 762. The molecule has 1 aliphatic rings. The molecule has 0 saturated carbocycles. The lowest BCUT2D eigenvalue weighted by atomic mass is 9.89. The Labute approximate surface area is 147 Å². The largest absolute Gasteiger partial charge is 0.496 e. The molecule has 2 N–H and O–H groups in total. The van der Waals surface area contributed by atoms with Crippen LogP contribution in [-0.4, -0.2) is 36.8 Å².